The minimum atomic E-state index is 0.585. The summed E-state index contributed by atoms with van der Waals surface area (Å²) in [6.07, 6.45) is 3.38. The maximum Gasteiger partial charge on any atom is 0.247 e. The van der Waals surface area contributed by atoms with Gasteiger partial charge in [-0.25, -0.2) is 0 Å². The number of rotatable bonds is 5. The van der Waals surface area contributed by atoms with Gasteiger partial charge in [0.1, 0.15) is 0 Å². The maximum absolute atomic E-state index is 5.68. The minimum Gasteiger partial charge on any atom is -0.421 e. The van der Waals surface area contributed by atoms with Gasteiger partial charge in [0.25, 0.3) is 0 Å². The molecule has 0 aliphatic heterocycles. The molecule has 1 aromatic carbocycles. The Bertz CT molecular complexity index is 578. The average Bonchev–Trinajstić information content (AvgIpc) is 3.10. The molecule has 100 valence electrons. The molecule has 1 aliphatic carbocycles. The number of hydrogen-bond acceptors (Lipinski definition) is 4. The molecule has 0 radical (unpaired) electrons. The highest BCUT2D eigenvalue weighted by Gasteiger charge is 2.20. The zero-order valence-corrected chi connectivity index (χ0v) is 12.4. The molecule has 1 N–H and O–H groups in total. The Morgan fingerprint density at radius 1 is 1.37 bits per heavy atom. The average molecular weight is 322 g/mol. The molecule has 0 atom stereocenters. The number of aryl methyl sites for hydroxylation is 1. The van der Waals surface area contributed by atoms with Gasteiger partial charge in [-0.3, -0.25) is 0 Å². The van der Waals surface area contributed by atoms with Crippen LogP contribution in [0.25, 0.3) is 11.5 Å². The molecule has 2 aromatic rings. The zero-order valence-electron chi connectivity index (χ0n) is 10.8. The van der Waals surface area contributed by atoms with E-state index in [9.17, 15) is 0 Å². The standard InChI is InChI=1S/C14H16BrN3O/c1-9-2-3-10(8-12(9)15)14-18-17-13(19-14)6-7-16-11-4-5-11/h2-3,8,11,16H,4-7H2,1H3. The van der Waals surface area contributed by atoms with Crippen molar-refractivity contribution in [3.05, 3.63) is 34.1 Å². The summed E-state index contributed by atoms with van der Waals surface area (Å²) in [5.41, 5.74) is 2.14. The summed E-state index contributed by atoms with van der Waals surface area (Å²) in [6.45, 7) is 2.96. The van der Waals surface area contributed by atoms with Gasteiger partial charge in [-0.1, -0.05) is 22.0 Å². The summed E-state index contributed by atoms with van der Waals surface area (Å²) in [5, 5.41) is 11.6. The molecule has 0 spiro atoms. The second-order valence-corrected chi connectivity index (χ2v) is 5.80. The summed E-state index contributed by atoms with van der Waals surface area (Å²) >= 11 is 3.52. The summed E-state index contributed by atoms with van der Waals surface area (Å²) < 4.78 is 6.74. The SMILES string of the molecule is Cc1ccc(-c2nnc(CCNC3CC3)o2)cc1Br. The van der Waals surface area contributed by atoms with Crippen molar-refractivity contribution in [1.82, 2.24) is 15.5 Å². The monoisotopic (exact) mass is 321 g/mol. The minimum absolute atomic E-state index is 0.585. The van der Waals surface area contributed by atoms with E-state index in [0.717, 1.165) is 29.0 Å². The summed E-state index contributed by atoms with van der Waals surface area (Å²) in [4.78, 5) is 0. The number of hydrogen-bond donors (Lipinski definition) is 1. The van der Waals surface area contributed by atoms with E-state index in [2.05, 4.69) is 38.4 Å². The Balaban J connectivity index is 1.67. The van der Waals surface area contributed by atoms with Gasteiger partial charge in [-0.15, -0.1) is 10.2 Å². The van der Waals surface area contributed by atoms with Crippen LogP contribution in [0.1, 0.15) is 24.3 Å². The molecular formula is C14H16BrN3O. The Morgan fingerprint density at radius 2 is 2.21 bits per heavy atom. The van der Waals surface area contributed by atoms with Crippen LogP contribution in [0.3, 0.4) is 0 Å². The van der Waals surface area contributed by atoms with E-state index in [1.54, 1.807) is 0 Å². The number of halogens is 1. The fourth-order valence-electron chi connectivity index (χ4n) is 1.87. The van der Waals surface area contributed by atoms with Crippen LogP contribution in [0.4, 0.5) is 0 Å². The quantitative estimate of drug-likeness (QED) is 0.919. The van der Waals surface area contributed by atoms with Crippen LogP contribution >= 0.6 is 15.9 Å². The van der Waals surface area contributed by atoms with Crippen LogP contribution in [-0.2, 0) is 6.42 Å². The second-order valence-electron chi connectivity index (χ2n) is 4.94. The van der Waals surface area contributed by atoms with Crippen LogP contribution < -0.4 is 5.32 Å². The molecule has 1 heterocycles. The lowest BCUT2D eigenvalue weighted by Gasteiger charge is -2.00. The van der Waals surface area contributed by atoms with E-state index in [4.69, 9.17) is 4.42 Å². The molecule has 5 heteroatoms. The molecule has 1 aromatic heterocycles. The van der Waals surface area contributed by atoms with Crippen molar-refractivity contribution in [2.75, 3.05) is 6.54 Å². The normalized spacial score (nSPS) is 14.8. The van der Waals surface area contributed by atoms with Crippen molar-refractivity contribution >= 4 is 15.9 Å². The van der Waals surface area contributed by atoms with Gasteiger partial charge >= 0.3 is 0 Å². The first-order valence-electron chi connectivity index (χ1n) is 6.54. The molecule has 1 fully saturated rings. The van der Waals surface area contributed by atoms with Crippen molar-refractivity contribution in [3.63, 3.8) is 0 Å². The zero-order chi connectivity index (χ0) is 13.2. The Hall–Kier alpha value is -1.20. The van der Waals surface area contributed by atoms with Crippen LogP contribution in [0, 0.1) is 6.92 Å². The predicted octanol–water partition coefficient (Wildman–Crippen LogP) is 3.10. The third-order valence-corrected chi connectivity index (χ3v) is 4.09. The van der Waals surface area contributed by atoms with Gasteiger partial charge in [0.15, 0.2) is 0 Å². The lowest BCUT2D eigenvalue weighted by Crippen LogP contribution is -2.19. The summed E-state index contributed by atoms with van der Waals surface area (Å²) in [7, 11) is 0. The lowest BCUT2D eigenvalue weighted by atomic mass is 10.1. The molecular weight excluding hydrogens is 306 g/mol. The fraction of sp³-hybridized carbons (Fsp3) is 0.429. The number of aromatic nitrogens is 2. The van der Waals surface area contributed by atoms with E-state index in [-0.39, 0.29) is 0 Å². The molecule has 0 saturated heterocycles. The maximum atomic E-state index is 5.68. The number of nitrogens with one attached hydrogen (secondary N) is 1. The van der Waals surface area contributed by atoms with Gasteiger partial charge in [0.2, 0.25) is 11.8 Å². The Labute approximate surface area is 120 Å². The topological polar surface area (TPSA) is 51.0 Å². The van der Waals surface area contributed by atoms with Gasteiger partial charge < -0.3 is 9.73 Å². The van der Waals surface area contributed by atoms with Crippen molar-refractivity contribution in [2.24, 2.45) is 0 Å². The highest BCUT2D eigenvalue weighted by atomic mass is 79.9. The first kappa shape index (κ1) is 12.8. The van der Waals surface area contributed by atoms with Crippen LogP contribution in [0.2, 0.25) is 0 Å². The fourth-order valence-corrected chi connectivity index (χ4v) is 2.25. The molecule has 4 nitrogen and oxygen atoms in total. The second kappa shape index (κ2) is 5.43. The molecule has 19 heavy (non-hydrogen) atoms. The van der Waals surface area contributed by atoms with Crippen molar-refractivity contribution in [1.29, 1.82) is 0 Å². The molecule has 3 rings (SSSR count). The molecule has 1 aliphatic rings. The van der Waals surface area contributed by atoms with Crippen molar-refractivity contribution < 1.29 is 4.42 Å². The van der Waals surface area contributed by atoms with Gasteiger partial charge in [0, 0.05) is 29.0 Å². The predicted molar refractivity (Wildman–Crippen MR) is 76.9 cm³/mol. The van der Waals surface area contributed by atoms with E-state index in [1.165, 1.54) is 18.4 Å². The van der Waals surface area contributed by atoms with E-state index in [0.29, 0.717) is 11.8 Å². The van der Waals surface area contributed by atoms with E-state index < -0.39 is 0 Å². The number of benzene rings is 1. The smallest absolute Gasteiger partial charge is 0.247 e. The highest BCUT2D eigenvalue weighted by molar-refractivity contribution is 9.10. The van der Waals surface area contributed by atoms with Crippen LogP contribution in [0.5, 0.6) is 0 Å². The Morgan fingerprint density at radius 3 is 2.95 bits per heavy atom. The summed E-state index contributed by atoms with van der Waals surface area (Å²) in [6, 6.07) is 6.77. The summed E-state index contributed by atoms with van der Waals surface area (Å²) in [5.74, 6) is 1.28. The molecule has 0 amide bonds. The van der Waals surface area contributed by atoms with Gasteiger partial charge in [-0.05, 0) is 37.5 Å². The first-order valence-corrected chi connectivity index (χ1v) is 7.34. The van der Waals surface area contributed by atoms with Crippen LogP contribution in [-0.4, -0.2) is 22.8 Å². The van der Waals surface area contributed by atoms with E-state index in [1.807, 2.05) is 18.2 Å². The molecule has 0 unspecified atom stereocenters. The van der Waals surface area contributed by atoms with Crippen molar-refractivity contribution in [3.8, 4) is 11.5 Å². The third-order valence-electron chi connectivity index (χ3n) is 3.23. The third kappa shape index (κ3) is 3.22. The van der Waals surface area contributed by atoms with Gasteiger partial charge in [-0.2, -0.15) is 0 Å². The molecule has 1 saturated carbocycles. The number of nitrogens with zero attached hydrogens (tertiary/aromatic N) is 2. The van der Waals surface area contributed by atoms with Crippen molar-refractivity contribution in [2.45, 2.75) is 32.2 Å². The molecule has 0 bridgehead atoms. The Kier molecular flexibility index (Phi) is 3.66. The van der Waals surface area contributed by atoms with Gasteiger partial charge in [0.05, 0.1) is 0 Å². The van der Waals surface area contributed by atoms with Crippen LogP contribution in [0.15, 0.2) is 27.1 Å². The largest absolute Gasteiger partial charge is 0.421 e. The van der Waals surface area contributed by atoms with E-state index >= 15 is 0 Å². The first-order chi connectivity index (χ1) is 9.22. The highest BCUT2D eigenvalue weighted by Crippen LogP contribution is 2.24. The lowest BCUT2D eigenvalue weighted by molar-refractivity contribution is 0.494.